The Kier molecular flexibility index (Phi) is 2.22. The van der Waals surface area contributed by atoms with Gasteiger partial charge in [0.15, 0.2) is 0 Å². The van der Waals surface area contributed by atoms with Gasteiger partial charge in [0.1, 0.15) is 23.6 Å². The van der Waals surface area contributed by atoms with Gasteiger partial charge in [0.05, 0.1) is 0 Å². The van der Waals surface area contributed by atoms with Crippen molar-refractivity contribution in [2.24, 2.45) is 0 Å². The van der Waals surface area contributed by atoms with Crippen LogP contribution in [0, 0.1) is 0 Å². The molecule has 0 aliphatic carbocycles. The molecule has 1 heterocycles. The van der Waals surface area contributed by atoms with E-state index in [9.17, 15) is 13.2 Å². The van der Waals surface area contributed by atoms with Crippen molar-refractivity contribution >= 4 is 0 Å². The quantitative estimate of drug-likeness (QED) is 0.701. The predicted molar refractivity (Wildman–Crippen MR) is 47.3 cm³/mol. The molecule has 0 aliphatic heterocycles. The minimum atomic E-state index is -4.33. The Hall–Kier alpha value is -1.78. The predicted octanol–water partition coefficient (Wildman–Crippen LogP) is 2.31. The number of nitrogens with zero attached hydrogens (tertiary/aromatic N) is 1. The Morgan fingerprint density at radius 1 is 1.13 bits per heavy atom. The molecule has 0 atom stereocenters. The molecule has 2 nitrogen and oxygen atoms in total. The molecular weight excluding hydrogens is 205 g/mol. The van der Waals surface area contributed by atoms with Crippen molar-refractivity contribution in [1.29, 1.82) is 0 Å². The Balaban J connectivity index is 2.58. The first-order valence-corrected chi connectivity index (χ1v) is 4.29. The molecule has 1 N–H and O–H groups in total. The van der Waals surface area contributed by atoms with E-state index in [2.05, 4.69) is 4.98 Å². The SMILES string of the molecule is FC(F)(F)c1ccccc1-[n+]1cc[nH]c1. The van der Waals surface area contributed by atoms with Crippen molar-refractivity contribution in [3.63, 3.8) is 0 Å². The van der Waals surface area contributed by atoms with Crippen LogP contribution in [-0.2, 0) is 6.18 Å². The van der Waals surface area contributed by atoms with Gasteiger partial charge in [-0.15, -0.1) is 0 Å². The molecule has 1 aromatic heterocycles. The molecule has 0 bridgehead atoms. The number of halogens is 3. The number of benzene rings is 1. The second kappa shape index (κ2) is 3.42. The zero-order valence-corrected chi connectivity index (χ0v) is 7.62. The lowest BCUT2D eigenvalue weighted by atomic mass is 10.1. The van der Waals surface area contributed by atoms with E-state index in [1.807, 2.05) is 0 Å². The second-order valence-electron chi connectivity index (χ2n) is 3.03. The molecule has 2 rings (SSSR count). The zero-order chi connectivity index (χ0) is 10.9. The summed E-state index contributed by atoms with van der Waals surface area (Å²) in [6, 6.07) is 5.44. The molecule has 0 fully saturated rings. The molecule has 0 spiro atoms. The number of aromatic nitrogens is 2. The Bertz CT molecular complexity index is 446. The number of aromatic amines is 1. The van der Waals surface area contributed by atoms with Crippen LogP contribution in [-0.4, -0.2) is 4.98 Å². The first kappa shape index (κ1) is 9.76. The summed E-state index contributed by atoms with van der Waals surface area (Å²) in [5, 5.41) is 0. The fourth-order valence-corrected chi connectivity index (χ4v) is 1.38. The van der Waals surface area contributed by atoms with Gasteiger partial charge in [-0.2, -0.15) is 13.2 Å². The summed E-state index contributed by atoms with van der Waals surface area (Å²) in [4.78, 5) is 2.70. The number of hydrogen-bond acceptors (Lipinski definition) is 0. The summed E-state index contributed by atoms with van der Waals surface area (Å²) in [6.45, 7) is 0. The fraction of sp³-hybridized carbons (Fsp3) is 0.100. The summed E-state index contributed by atoms with van der Waals surface area (Å²) < 4.78 is 39.2. The van der Waals surface area contributed by atoms with E-state index in [0.717, 1.165) is 6.07 Å². The van der Waals surface area contributed by atoms with Crippen LogP contribution in [0.5, 0.6) is 0 Å². The average Bonchev–Trinajstić information content (AvgIpc) is 2.69. The van der Waals surface area contributed by atoms with Crippen LogP contribution in [0.25, 0.3) is 5.69 Å². The van der Waals surface area contributed by atoms with E-state index < -0.39 is 11.7 Å². The van der Waals surface area contributed by atoms with E-state index >= 15 is 0 Å². The zero-order valence-electron chi connectivity index (χ0n) is 7.62. The molecule has 0 aliphatic rings. The normalized spacial score (nSPS) is 11.7. The monoisotopic (exact) mass is 213 g/mol. The standard InChI is InChI=1S/C10H7F3N2/c11-10(12,13)8-3-1-2-4-9(8)15-6-5-14-7-15/h1-7H/p+1. The third-order valence-electron chi connectivity index (χ3n) is 2.03. The number of H-pyrrole nitrogens is 1. The molecule has 15 heavy (non-hydrogen) atoms. The van der Waals surface area contributed by atoms with Crippen molar-refractivity contribution in [1.82, 2.24) is 4.98 Å². The number of rotatable bonds is 1. The van der Waals surface area contributed by atoms with Crippen LogP contribution in [0.1, 0.15) is 5.56 Å². The molecule has 0 saturated carbocycles. The van der Waals surface area contributed by atoms with Crippen molar-refractivity contribution in [2.75, 3.05) is 0 Å². The van der Waals surface area contributed by atoms with Gasteiger partial charge < -0.3 is 0 Å². The molecule has 78 valence electrons. The van der Waals surface area contributed by atoms with Gasteiger partial charge in [-0.05, 0) is 12.1 Å². The highest BCUT2D eigenvalue weighted by atomic mass is 19.4. The van der Waals surface area contributed by atoms with E-state index in [1.165, 1.54) is 29.2 Å². The molecule has 1 aromatic carbocycles. The highest BCUT2D eigenvalue weighted by Crippen LogP contribution is 2.31. The second-order valence-corrected chi connectivity index (χ2v) is 3.03. The van der Waals surface area contributed by atoms with E-state index in [0.29, 0.717) is 0 Å². The van der Waals surface area contributed by atoms with Crippen LogP contribution in [0.15, 0.2) is 43.0 Å². The van der Waals surface area contributed by atoms with Crippen molar-refractivity contribution in [2.45, 2.75) is 6.18 Å². The van der Waals surface area contributed by atoms with Gasteiger partial charge in [-0.1, -0.05) is 12.1 Å². The maximum Gasteiger partial charge on any atom is 0.420 e. The first-order chi connectivity index (χ1) is 7.09. The van der Waals surface area contributed by atoms with Gasteiger partial charge in [0.25, 0.3) is 0 Å². The molecule has 5 heteroatoms. The smallest absolute Gasteiger partial charge is 0.250 e. The van der Waals surface area contributed by atoms with E-state index in [4.69, 9.17) is 0 Å². The van der Waals surface area contributed by atoms with Crippen LogP contribution in [0.3, 0.4) is 0 Å². The Morgan fingerprint density at radius 3 is 2.47 bits per heavy atom. The highest BCUT2D eigenvalue weighted by molar-refractivity contribution is 5.35. The molecule has 0 amide bonds. The molecule has 0 radical (unpaired) electrons. The van der Waals surface area contributed by atoms with Crippen molar-refractivity contribution in [3.8, 4) is 5.69 Å². The highest BCUT2D eigenvalue weighted by Gasteiger charge is 2.35. The van der Waals surface area contributed by atoms with Crippen LogP contribution in [0.4, 0.5) is 13.2 Å². The largest absolute Gasteiger partial charge is 0.420 e. The molecule has 0 saturated heterocycles. The Morgan fingerprint density at radius 2 is 1.87 bits per heavy atom. The number of para-hydroxylation sites is 1. The van der Waals surface area contributed by atoms with Crippen LogP contribution >= 0.6 is 0 Å². The third kappa shape index (κ3) is 1.86. The van der Waals surface area contributed by atoms with Gasteiger partial charge in [-0.3, -0.25) is 0 Å². The minimum Gasteiger partial charge on any atom is -0.250 e. The van der Waals surface area contributed by atoms with Crippen LogP contribution in [0.2, 0.25) is 0 Å². The molecule has 0 unspecified atom stereocenters. The Labute approximate surface area is 84.0 Å². The van der Waals surface area contributed by atoms with Gasteiger partial charge >= 0.3 is 6.18 Å². The lowest BCUT2D eigenvalue weighted by molar-refractivity contribution is -0.595. The number of imidazole rings is 1. The van der Waals surface area contributed by atoms with Crippen molar-refractivity contribution in [3.05, 3.63) is 48.5 Å². The van der Waals surface area contributed by atoms with Gasteiger partial charge in [0.2, 0.25) is 6.33 Å². The lowest BCUT2D eigenvalue weighted by Crippen LogP contribution is -2.30. The number of nitrogens with one attached hydrogen (secondary N) is 1. The lowest BCUT2D eigenvalue weighted by Gasteiger charge is -2.08. The van der Waals surface area contributed by atoms with E-state index in [-0.39, 0.29) is 5.69 Å². The van der Waals surface area contributed by atoms with Gasteiger partial charge in [-0.25, -0.2) is 9.55 Å². The number of hydrogen-bond donors (Lipinski definition) is 1. The summed E-state index contributed by atoms with van der Waals surface area (Å²) >= 11 is 0. The van der Waals surface area contributed by atoms with Crippen molar-refractivity contribution < 1.29 is 17.7 Å². The van der Waals surface area contributed by atoms with Crippen LogP contribution < -0.4 is 4.57 Å². The van der Waals surface area contributed by atoms with Gasteiger partial charge in [0, 0.05) is 0 Å². The maximum absolute atomic E-state index is 12.6. The molecule has 2 aromatic rings. The summed E-state index contributed by atoms with van der Waals surface area (Å²) in [5.41, 5.74) is -0.527. The summed E-state index contributed by atoms with van der Waals surface area (Å²) in [7, 11) is 0. The maximum atomic E-state index is 12.6. The average molecular weight is 213 g/mol. The minimum absolute atomic E-state index is 0.117. The van der Waals surface area contributed by atoms with E-state index in [1.54, 1.807) is 12.3 Å². The summed E-state index contributed by atoms with van der Waals surface area (Å²) in [5.74, 6) is 0. The summed E-state index contributed by atoms with van der Waals surface area (Å²) in [6.07, 6.45) is 0.225. The number of alkyl halides is 3. The fourth-order valence-electron chi connectivity index (χ4n) is 1.38. The third-order valence-corrected chi connectivity index (χ3v) is 2.03. The first-order valence-electron chi connectivity index (χ1n) is 4.29. The molecular formula is C10H8F3N2+. The topological polar surface area (TPSA) is 19.7 Å².